The average Bonchev–Trinajstić information content (AvgIpc) is 3.01. The number of hydrogen-bond donors (Lipinski definition) is 2. The van der Waals surface area contributed by atoms with Gasteiger partial charge in [0.15, 0.2) is 5.65 Å². The van der Waals surface area contributed by atoms with Crippen LogP contribution in [0, 0.1) is 0 Å². The largest absolute Gasteiger partial charge is 0.463 e. The highest BCUT2D eigenvalue weighted by molar-refractivity contribution is 5.70. The maximum Gasteiger partial charge on any atom is 0.407 e. The Hall–Kier alpha value is -3.36. The topological polar surface area (TPSA) is 111 Å². The fourth-order valence-corrected chi connectivity index (χ4v) is 2.89. The first-order chi connectivity index (χ1) is 14.7. The number of carbonyl (C=O) groups is 1. The molecule has 2 aromatic heterocycles. The predicted octanol–water partition coefficient (Wildman–Crippen LogP) is 3.37. The molecule has 0 atom stereocenters. The highest BCUT2D eigenvalue weighted by Crippen LogP contribution is 2.14. The lowest BCUT2D eigenvalue weighted by atomic mass is 10.1. The third-order valence-electron chi connectivity index (χ3n) is 4.42. The molecule has 0 saturated carbocycles. The summed E-state index contributed by atoms with van der Waals surface area (Å²) in [6.45, 7) is 8.78. The van der Waals surface area contributed by atoms with Gasteiger partial charge in [-0.1, -0.05) is 37.6 Å². The molecule has 0 spiro atoms. The molecule has 0 aliphatic heterocycles. The molecule has 3 aromatic rings. The van der Waals surface area contributed by atoms with E-state index in [4.69, 9.17) is 9.47 Å². The van der Waals surface area contributed by atoms with Crippen LogP contribution in [0.4, 0.5) is 4.79 Å². The molecule has 0 fully saturated rings. The number of carbonyl (C=O) groups excluding carboxylic acids is 1. The first-order valence-electron chi connectivity index (χ1n) is 10.4. The van der Waals surface area contributed by atoms with Crippen LogP contribution in [0.3, 0.4) is 0 Å². The maximum absolute atomic E-state index is 12.4. The highest BCUT2D eigenvalue weighted by Gasteiger charge is 2.16. The molecule has 0 bridgehead atoms. The SMILES string of the molecule is CCCCOc1ncc2[nH]c(=O)n(Cc3ccc(CNC(=O)OC(C)(C)C)cc3)c2n1. The van der Waals surface area contributed by atoms with E-state index < -0.39 is 11.7 Å². The smallest absolute Gasteiger partial charge is 0.407 e. The number of H-pyrrole nitrogens is 1. The fraction of sp³-hybridized carbons (Fsp3) is 0.455. The Morgan fingerprint density at radius 2 is 1.90 bits per heavy atom. The van der Waals surface area contributed by atoms with Gasteiger partial charge in [-0.25, -0.2) is 14.6 Å². The first kappa shape index (κ1) is 22.3. The van der Waals surface area contributed by atoms with E-state index in [1.807, 2.05) is 45.0 Å². The molecule has 31 heavy (non-hydrogen) atoms. The van der Waals surface area contributed by atoms with Crippen LogP contribution in [0.5, 0.6) is 6.01 Å². The Balaban J connectivity index is 1.68. The molecule has 0 saturated heterocycles. The minimum absolute atomic E-state index is 0.259. The van der Waals surface area contributed by atoms with Crippen LogP contribution in [-0.4, -0.2) is 37.8 Å². The Morgan fingerprint density at radius 1 is 1.19 bits per heavy atom. The molecule has 1 amide bonds. The van der Waals surface area contributed by atoms with Gasteiger partial charge in [0, 0.05) is 6.54 Å². The number of benzene rings is 1. The minimum Gasteiger partial charge on any atom is -0.463 e. The standard InChI is InChI=1S/C22H29N5O4/c1-5-6-11-30-19-23-13-17-18(26-19)27(20(28)25-17)14-16-9-7-15(8-10-16)12-24-21(29)31-22(2,3)4/h7-10,13H,5-6,11-12,14H2,1-4H3,(H,24,29)(H,25,28). The molecule has 166 valence electrons. The Labute approximate surface area is 180 Å². The summed E-state index contributed by atoms with van der Waals surface area (Å²) < 4.78 is 12.4. The lowest BCUT2D eigenvalue weighted by Gasteiger charge is -2.19. The molecular weight excluding hydrogens is 398 g/mol. The summed E-state index contributed by atoms with van der Waals surface area (Å²) in [4.78, 5) is 35.5. The van der Waals surface area contributed by atoms with Crippen molar-refractivity contribution in [3.63, 3.8) is 0 Å². The van der Waals surface area contributed by atoms with Gasteiger partial charge >= 0.3 is 17.8 Å². The summed E-state index contributed by atoms with van der Waals surface area (Å²) in [6.07, 6.45) is 3.03. The van der Waals surface area contributed by atoms with Crippen molar-refractivity contribution in [1.82, 2.24) is 24.8 Å². The van der Waals surface area contributed by atoms with Crippen LogP contribution >= 0.6 is 0 Å². The van der Waals surface area contributed by atoms with Gasteiger partial charge in [-0.05, 0) is 38.3 Å². The number of imidazole rings is 1. The molecule has 0 radical (unpaired) electrons. The minimum atomic E-state index is -0.537. The molecule has 9 heteroatoms. The van der Waals surface area contributed by atoms with Gasteiger partial charge in [-0.2, -0.15) is 4.98 Å². The third-order valence-corrected chi connectivity index (χ3v) is 4.42. The summed E-state index contributed by atoms with van der Waals surface area (Å²) in [5.74, 6) is 0. The van der Waals surface area contributed by atoms with Crippen molar-refractivity contribution < 1.29 is 14.3 Å². The zero-order valence-electron chi connectivity index (χ0n) is 18.4. The van der Waals surface area contributed by atoms with Gasteiger partial charge < -0.3 is 19.8 Å². The Bertz CT molecular complexity index is 1080. The second kappa shape index (κ2) is 9.63. The number of hydrogen-bond acceptors (Lipinski definition) is 6. The number of amides is 1. The summed E-state index contributed by atoms with van der Waals surface area (Å²) in [5, 5.41) is 2.73. The lowest BCUT2D eigenvalue weighted by Crippen LogP contribution is -2.32. The van der Waals surface area contributed by atoms with Crippen LogP contribution in [0.1, 0.15) is 51.7 Å². The van der Waals surface area contributed by atoms with E-state index in [9.17, 15) is 9.59 Å². The Morgan fingerprint density at radius 3 is 2.58 bits per heavy atom. The van der Waals surface area contributed by atoms with E-state index in [1.165, 1.54) is 0 Å². The number of aromatic nitrogens is 4. The van der Waals surface area contributed by atoms with Crippen molar-refractivity contribution in [3.05, 3.63) is 52.1 Å². The van der Waals surface area contributed by atoms with E-state index in [0.717, 1.165) is 24.0 Å². The van der Waals surface area contributed by atoms with Crippen LogP contribution in [0.2, 0.25) is 0 Å². The van der Waals surface area contributed by atoms with Gasteiger partial charge in [-0.15, -0.1) is 0 Å². The number of ether oxygens (including phenoxy) is 2. The zero-order valence-corrected chi connectivity index (χ0v) is 18.4. The molecule has 0 aliphatic rings. The quantitative estimate of drug-likeness (QED) is 0.533. The summed E-state index contributed by atoms with van der Waals surface area (Å²) in [5.41, 5.74) is 2.12. The van der Waals surface area contributed by atoms with Crippen LogP contribution in [-0.2, 0) is 17.8 Å². The van der Waals surface area contributed by atoms with E-state index in [-0.39, 0.29) is 11.7 Å². The molecule has 0 unspecified atom stereocenters. The van der Waals surface area contributed by atoms with Crippen molar-refractivity contribution in [2.24, 2.45) is 0 Å². The van der Waals surface area contributed by atoms with Gasteiger partial charge in [-0.3, -0.25) is 4.57 Å². The molecule has 9 nitrogen and oxygen atoms in total. The van der Waals surface area contributed by atoms with Crippen LogP contribution < -0.4 is 15.7 Å². The van der Waals surface area contributed by atoms with E-state index in [0.29, 0.717) is 30.9 Å². The van der Waals surface area contributed by atoms with Crippen molar-refractivity contribution in [2.45, 2.75) is 59.2 Å². The predicted molar refractivity (Wildman–Crippen MR) is 117 cm³/mol. The van der Waals surface area contributed by atoms with Crippen molar-refractivity contribution in [3.8, 4) is 6.01 Å². The number of aromatic amines is 1. The van der Waals surface area contributed by atoms with E-state index in [2.05, 4.69) is 27.2 Å². The number of unbranched alkanes of at least 4 members (excludes halogenated alkanes) is 1. The van der Waals surface area contributed by atoms with Crippen molar-refractivity contribution in [1.29, 1.82) is 0 Å². The average molecular weight is 428 g/mol. The second-order valence-corrected chi connectivity index (χ2v) is 8.28. The van der Waals surface area contributed by atoms with Gasteiger partial charge in [0.05, 0.1) is 19.3 Å². The monoisotopic (exact) mass is 427 g/mol. The normalized spacial score (nSPS) is 11.5. The molecule has 3 rings (SSSR count). The summed E-state index contributed by atoms with van der Waals surface area (Å²) in [7, 11) is 0. The van der Waals surface area contributed by atoms with E-state index in [1.54, 1.807) is 10.8 Å². The van der Waals surface area contributed by atoms with Gasteiger partial charge in [0.1, 0.15) is 11.1 Å². The van der Waals surface area contributed by atoms with E-state index >= 15 is 0 Å². The number of alkyl carbamates (subject to hydrolysis) is 1. The fourth-order valence-electron chi connectivity index (χ4n) is 2.89. The van der Waals surface area contributed by atoms with Crippen LogP contribution in [0.15, 0.2) is 35.3 Å². The summed E-state index contributed by atoms with van der Waals surface area (Å²) >= 11 is 0. The van der Waals surface area contributed by atoms with Gasteiger partial charge in [0.2, 0.25) is 0 Å². The molecule has 2 heterocycles. The van der Waals surface area contributed by atoms with Crippen molar-refractivity contribution >= 4 is 17.3 Å². The summed E-state index contributed by atoms with van der Waals surface area (Å²) in [6, 6.07) is 7.90. The second-order valence-electron chi connectivity index (χ2n) is 8.28. The Kier molecular flexibility index (Phi) is 6.94. The molecule has 2 N–H and O–H groups in total. The maximum atomic E-state index is 12.4. The third kappa shape index (κ3) is 6.31. The number of rotatable bonds is 8. The molecular formula is C22H29N5O4. The lowest BCUT2D eigenvalue weighted by molar-refractivity contribution is 0.0523. The highest BCUT2D eigenvalue weighted by atomic mass is 16.6. The number of nitrogens with zero attached hydrogens (tertiary/aromatic N) is 3. The van der Waals surface area contributed by atoms with Crippen molar-refractivity contribution in [2.75, 3.05) is 6.61 Å². The molecule has 1 aromatic carbocycles. The zero-order chi connectivity index (χ0) is 22.4. The number of fused-ring (bicyclic) bond motifs is 1. The first-order valence-corrected chi connectivity index (χ1v) is 10.4. The number of nitrogens with one attached hydrogen (secondary N) is 2. The van der Waals surface area contributed by atoms with Gasteiger partial charge in [0.25, 0.3) is 0 Å². The van der Waals surface area contributed by atoms with Crippen LogP contribution in [0.25, 0.3) is 11.2 Å². The molecule has 0 aliphatic carbocycles.